The van der Waals surface area contributed by atoms with Crippen LogP contribution in [0.15, 0.2) is 0 Å². The number of halogens is 1. The molecule has 0 heterocycles. The number of hydrogen-bond donors (Lipinski definition) is 1. The summed E-state index contributed by atoms with van der Waals surface area (Å²) in [6.07, 6.45) is 0. The standard InChI is InChI=1S/C5H12ClN2O/c1-7-5(9-6)8(2,3)4/h1-4H3/q+1/p+1. The summed E-state index contributed by atoms with van der Waals surface area (Å²) in [5, 5.41) is 0. The number of nitrogens with zero attached hydrogens (tertiary/aromatic N) is 1. The van der Waals surface area contributed by atoms with Gasteiger partial charge in [-0.1, -0.05) is 0 Å². The van der Waals surface area contributed by atoms with E-state index < -0.39 is 0 Å². The van der Waals surface area contributed by atoms with E-state index in [0.717, 1.165) is 0 Å². The van der Waals surface area contributed by atoms with Gasteiger partial charge in [0, 0.05) is 0 Å². The molecule has 0 aliphatic heterocycles. The largest absolute Gasteiger partial charge is 0.561 e. The summed E-state index contributed by atoms with van der Waals surface area (Å²) in [4.78, 5) is 2.83. The van der Waals surface area contributed by atoms with Gasteiger partial charge in [-0.25, -0.2) is 4.48 Å². The van der Waals surface area contributed by atoms with Gasteiger partial charge < -0.3 is 0 Å². The summed E-state index contributed by atoms with van der Waals surface area (Å²) >= 11 is 5.14. The van der Waals surface area contributed by atoms with Gasteiger partial charge in [-0.15, -0.1) is 0 Å². The number of hydrogen-bond acceptors (Lipinski definition) is 1. The summed E-state index contributed by atoms with van der Waals surface area (Å²) in [6, 6.07) is 0.622. The summed E-state index contributed by atoms with van der Waals surface area (Å²) in [5.74, 6) is 0. The highest BCUT2D eigenvalue weighted by Gasteiger charge is 2.25. The van der Waals surface area contributed by atoms with Crippen LogP contribution in [0.2, 0.25) is 0 Å². The van der Waals surface area contributed by atoms with Crippen LogP contribution < -0.4 is 4.99 Å². The number of nitrogens with one attached hydrogen (secondary N) is 1. The zero-order valence-corrected chi connectivity index (χ0v) is 6.99. The molecule has 0 fully saturated rings. The van der Waals surface area contributed by atoms with Crippen molar-refractivity contribution in [2.75, 3.05) is 28.2 Å². The molecule has 0 spiro atoms. The molecule has 54 valence electrons. The topological polar surface area (TPSA) is 23.2 Å². The fraction of sp³-hybridized carbons (Fsp3) is 0.800. The first-order chi connectivity index (χ1) is 4.02. The van der Waals surface area contributed by atoms with E-state index in [2.05, 4.69) is 9.28 Å². The fourth-order valence-electron chi connectivity index (χ4n) is 0.477. The maximum Gasteiger partial charge on any atom is 0.561 e. The average Bonchev–Trinajstić information content (AvgIpc) is 1.65. The van der Waals surface area contributed by atoms with E-state index in [1.807, 2.05) is 21.1 Å². The molecule has 0 radical (unpaired) electrons. The lowest BCUT2D eigenvalue weighted by Crippen LogP contribution is -2.75. The van der Waals surface area contributed by atoms with Crippen molar-refractivity contribution in [2.24, 2.45) is 0 Å². The van der Waals surface area contributed by atoms with Crippen molar-refractivity contribution >= 4 is 17.9 Å². The molecule has 9 heavy (non-hydrogen) atoms. The molecule has 4 heteroatoms. The van der Waals surface area contributed by atoms with Crippen molar-refractivity contribution in [3.05, 3.63) is 0 Å². The molecule has 0 aliphatic rings. The van der Waals surface area contributed by atoms with Crippen molar-refractivity contribution < 1.29 is 13.8 Å². The molecule has 0 aromatic carbocycles. The maximum atomic E-state index is 5.14. The molecule has 0 bridgehead atoms. The van der Waals surface area contributed by atoms with Crippen LogP contribution in [-0.2, 0) is 4.29 Å². The number of amidine groups is 1. The minimum Gasteiger partial charge on any atom is -0.281 e. The average molecular weight is 153 g/mol. The van der Waals surface area contributed by atoms with E-state index in [0.29, 0.717) is 10.5 Å². The van der Waals surface area contributed by atoms with Gasteiger partial charge in [-0.05, 0) is 0 Å². The van der Waals surface area contributed by atoms with E-state index in [9.17, 15) is 0 Å². The highest BCUT2D eigenvalue weighted by atomic mass is 35.5. The van der Waals surface area contributed by atoms with E-state index >= 15 is 0 Å². The molecule has 1 N–H and O–H groups in total. The summed E-state index contributed by atoms with van der Waals surface area (Å²) < 4.78 is 5.07. The zero-order chi connectivity index (χ0) is 7.49. The molecule has 0 atom stereocenters. The van der Waals surface area contributed by atoms with Gasteiger partial charge in [0.05, 0.1) is 21.1 Å². The van der Waals surface area contributed by atoms with Crippen LogP contribution in [0.3, 0.4) is 0 Å². The molecular formula is C5H13ClN2O+2. The second-order valence-corrected chi connectivity index (χ2v) is 2.80. The van der Waals surface area contributed by atoms with Crippen LogP contribution in [0.25, 0.3) is 0 Å². The summed E-state index contributed by atoms with van der Waals surface area (Å²) in [5.41, 5.74) is 0. The smallest absolute Gasteiger partial charge is 0.281 e. The Balaban J connectivity index is 4.14. The van der Waals surface area contributed by atoms with Crippen molar-refractivity contribution in [1.82, 2.24) is 0 Å². The van der Waals surface area contributed by atoms with Crippen molar-refractivity contribution in [3.8, 4) is 0 Å². The van der Waals surface area contributed by atoms with Gasteiger partial charge in [0.2, 0.25) is 0 Å². The molecule has 0 rings (SSSR count). The Kier molecular flexibility index (Phi) is 2.94. The third-order valence-electron chi connectivity index (χ3n) is 0.896. The van der Waals surface area contributed by atoms with Crippen LogP contribution >= 0.6 is 11.9 Å². The SMILES string of the molecule is C[NH+]=C(OCl)[N+](C)(C)C. The Morgan fingerprint density at radius 2 is 1.89 bits per heavy atom. The van der Waals surface area contributed by atoms with E-state index in [-0.39, 0.29) is 0 Å². The normalized spacial score (nSPS) is 13.7. The first-order valence-electron chi connectivity index (χ1n) is 2.67. The monoisotopic (exact) mass is 152 g/mol. The second-order valence-electron chi connectivity index (χ2n) is 2.64. The lowest BCUT2D eigenvalue weighted by atomic mass is 10.7. The van der Waals surface area contributed by atoms with Crippen LogP contribution in [0.4, 0.5) is 0 Å². The number of quaternary nitrogens is 1. The predicted octanol–water partition coefficient (Wildman–Crippen LogP) is -1.07. The summed E-state index contributed by atoms with van der Waals surface area (Å²) in [6.45, 7) is 0. The molecule has 0 unspecified atom stereocenters. The Morgan fingerprint density at radius 3 is 1.89 bits per heavy atom. The van der Waals surface area contributed by atoms with Gasteiger partial charge in [-0.3, -0.25) is 4.29 Å². The van der Waals surface area contributed by atoms with Crippen LogP contribution in [0, 0.1) is 0 Å². The Bertz CT molecular complexity index is 117. The van der Waals surface area contributed by atoms with Crippen LogP contribution in [0.5, 0.6) is 0 Å². The van der Waals surface area contributed by atoms with Crippen molar-refractivity contribution in [3.63, 3.8) is 0 Å². The first kappa shape index (κ1) is 8.72. The van der Waals surface area contributed by atoms with Crippen LogP contribution in [0.1, 0.15) is 0 Å². The van der Waals surface area contributed by atoms with Gasteiger partial charge in [-0.2, -0.15) is 4.99 Å². The van der Waals surface area contributed by atoms with E-state index in [4.69, 9.17) is 11.9 Å². The second kappa shape index (κ2) is 3.03. The Morgan fingerprint density at radius 1 is 1.44 bits per heavy atom. The van der Waals surface area contributed by atoms with Crippen LogP contribution in [-0.4, -0.2) is 38.7 Å². The molecule has 0 aromatic heterocycles. The lowest BCUT2D eigenvalue weighted by molar-refractivity contribution is -0.812. The molecule has 0 aliphatic carbocycles. The highest BCUT2D eigenvalue weighted by molar-refractivity contribution is 6.12. The third-order valence-corrected chi connectivity index (χ3v) is 1.04. The summed E-state index contributed by atoms with van der Waals surface area (Å²) in [7, 11) is 7.62. The van der Waals surface area contributed by atoms with Crippen molar-refractivity contribution in [2.45, 2.75) is 0 Å². The Hall–Kier alpha value is -0.280. The zero-order valence-electron chi connectivity index (χ0n) is 6.23. The van der Waals surface area contributed by atoms with Gasteiger partial charge in [0.15, 0.2) is 0 Å². The van der Waals surface area contributed by atoms with Gasteiger partial charge in [0.25, 0.3) is 0 Å². The van der Waals surface area contributed by atoms with Gasteiger partial charge >= 0.3 is 6.02 Å². The van der Waals surface area contributed by atoms with E-state index in [1.165, 1.54) is 0 Å². The number of rotatable bonds is 0. The predicted molar refractivity (Wildman–Crippen MR) is 36.9 cm³/mol. The Labute approximate surface area is 60.7 Å². The minimum atomic E-state index is 0.556. The molecule has 0 aromatic rings. The van der Waals surface area contributed by atoms with Crippen molar-refractivity contribution in [1.29, 1.82) is 0 Å². The molecule has 3 nitrogen and oxygen atoms in total. The minimum absolute atomic E-state index is 0.556. The lowest BCUT2D eigenvalue weighted by Gasteiger charge is -2.15. The first-order valence-corrected chi connectivity index (χ1v) is 2.98. The molecule has 0 saturated carbocycles. The van der Waals surface area contributed by atoms with E-state index in [1.54, 1.807) is 7.05 Å². The highest BCUT2D eigenvalue weighted by Crippen LogP contribution is 1.92. The molecule has 0 amide bonds. The molecule has 0 saturated heterocycles. The quantitative estimate of drug-likeness (QED) is 0.267. The third kappa shape index (κ3) is 2.67. The van der Waals surface area contributed by atoms with Gasteiger partial charge in [0.1, 0.15) is 18.9 Å². The fourth-order valence-corrected chi connectivity index (χ4v) is 0.762. The molecular weight excluding hydrogens is 140 g/mol. The maximum absolute atomic E-state index is 5.14.